The first-order chi connectivity index (χ1) is 8.29. The summed E-state index contributed by atoms with van der Waals surface area (Å²) >= 11 is 0. The Balaban J connectivity index is 2.37. The monoisotopic (exact) mass is 224 g/mol. The van der Waals surface area contributed by atoms with E-state index in [1.54, 1.807) is 0 Å². The summed E-state index contributed by atoms with van der Waals surface area (Å²) < 4.78 is 0. The summed E-state index contributed by atoms with van der Waals surface area (Å²) in [6.07, 6.45) is 2.02. The van der Waals surface area contributed by atoms with Crippen molar-refractivity contribution in [1.29, 1.82) is 0 Å². The number of hydrogen-bond donors (Lipinski definition) is 1. The Morgan fingerprint density at radius 2 is 1.82 bits per heavy atom. The standard InChI is InChI=1S/C16H16O/c1-13-6-5-9-15(10-13)16(12-17)11-14-7-3-2-4-8-14/h2-11,17H,12H2,1H3/b16-11-. The zero-order chi connectivity index (χ0) is 12.1. The topological polar surface area (TPSA) is 20.2 Å². The maximum absolute atomic E-state index is 9.46. The number of benzene rings is 2. The molecule has 2 aromatic rings. The van der Waals surface area contributed by atoms with Crippen LogP contribution in [-0.2, 0) is 0 Å². The highest BCUT2D eigenvalue weighted by Gasteiger charge is 2.00. The lowest BCUT2D eigenvalue weighted by Crippen LogP contribution is -1.91. The van der Waals surface area contributed by atoms with Crippen LogP contribution in [-0.4, -0.2) is 11.7 Å². The third kappa shape index (κ3) is 3.05. The average molecular weight is 224 g/mol. The molecule has 0 heterocycles. The predicted octanol–water partition coefficient (Wildman–Crippen LogP) is 3.53. The maximum Gasteiger partial charge on any atom is 0.0687 e. The van der Waals surface area contributed by atoms with E-state index in [-0.39, 0.29) is 6.61 Å². The zero-order valence-electron chi connectivity index (χ0n) is 9.93. The van der Waals surface area contributed by atoms with Crippen LogP contribution in [0, 0.1) is 6.92 Å². The van der Waals surface area contributed by atoms with Crippen molar-refractivity contribution in [2.24, 2.45) is 0 Å². The molecule has 0 saturated carbocycles. The fourth-order valence-electron chi connectivity index (χ4n) is 1.82. The van der Waals surface area contributed by atoms with Crippen LogP contribution in [0.15, 0.2) is 54.6 Å². The molecule has 0 saturated heterocycles. The molecular weight excluding hydrogens is 208 g/mol. The summed E-state index contributed by atoms with van der Waals surface area (Å²) in [5, 5.41) is 9.46. The van der Waals surface area contributed by atoms with E-state index >= 15 is 0 Å². The molecule has 0 aromatic heterocycles. The highest BCUT2D eigenvalue weighted by atomic mass is 16.3. The van der Waals surface area contributed by atoms with Gasteiger partial charge >= 0.3 is 0 Å². The summed E-state index contributed by atoms with van der Waals surface area (Å²) in [5.74, 6) is 0. The Kier molecular flexibility index (Phi) is 3.73. The third-order valence-corrected chi connectivity index (χ3v) is 2.70. The van der Waals surface area contributed by atoms with Crippen LogP contribution in [0.2, 0.25) is 0 Å². The van der Waals surface area contributed by atoms with E-state index in [1.165, 1.54) is 5.56 Å². The van der Waals surface area contributed by atoms with E-state index in [9.17, 15) is 5.11 Å². The van der Waals surface area contributed by atoms with E-state index in [0.29, 0.717) is 0 Å². The van der Waals surface area contributed by atoms with Crippen molar-refractivity contribution in [3.8, 4) is 0 Å². The van der Waals surface area contributed by atoms with E-state index in [4.69, 9.17) is 0 Å². The highest BCUT2D eigenvalue weighted by Crippen LogP contribution is 2.18. The van der Waals surface area contributed by atoms with Gasteiger partial charge in [0.2, 0.25) is 0 Å². The highest BCUT2D eigenvalue weighted by molar-refractivity contribution is 5.82. The number of aliphatic hydroxyl groups is 1. The molecule has 0 spiro atoms. The lowest BCUT2D eigenvalue weighted by molar-refractivity contribution is 0.351. The predicted molar refractivity (Wildman–Crippen MR) is 72.6 cm³/mol. The normalized spacial score (nSPS) is 11.5. The van der Waals surface area contributed by atoms with Crippen molar-refractivity contribution < 1.29 is 5.11 Å². The quantitative estimate of drug-likeness (QED) is 0.791. The van der Waals surface area contributed by atoms with Crippen LogP contribution < -0.4 is 0 Å². The molecule has 1 nitrogen and oxygen atoms in total. The van der Waals surface area contributed by atoms with Crippen LogP contribution in [0.3, 0.4) is 0 Å². The first kappa shape index (κ1) is 11.6. The van der Waals surface area contributed by atoms with Crippen molar-refractivity contribution in [3.05, 3.63) is 71.3 Å². The molecule has 0 aliphatic rings. The molecule has 0 radical (unpaired) electrons. The molecule has 1 heteroatoms. The zero-order valence-corrected chi connectivity index (χ0v) is 9.93. The van der Waals surface area contributed by atoms with Crippen LogP contribution in [0.25, 0.3) is 11.6 Å². The molecule has 2 aromatic carbocycles. The minimum Gasteiger partial charge on any atom is -0.392 e. The minimum atomic E-state index is 0.0539. The maximum atomic E-state index is 9.46. The van der Waals surface area contributed by atoms with Gasteiger partial charge in [0.15, 0.2) is 0 Å². The van der Waals surface area contributed by atoms with Crippen LogP contribution in [0.4, 0.5) is 0 Å². The van der Waals surface area contributed by atoms with Gasteiger partial charge in [-0.2, -0.15) is 0 Å². The van der Waals surface area contributed by atoms with E-state index < -0.39 is 0 Å². The molecule has 0 bridgehead atoms. The number of aliphatic hydroxyl groups excluding tert-OH is 1. The first-order valence-electron chi connectivity index (χ1n) is 5.73. The summed E-state index contributed by atoms with van der Waals surface area (Å²) in [5.41, 5.74) is 4.34. The number of aryl methyl sites for hydroxylation is 1. The summed E-state index contributed by atoms with van der Waals surface area (Å²) in [4.78, 5) is 0. The van der Waals surface area contributed by atoms with Crippen molar-refractivity contribution in [2.45, 2.75) is 6.92 Å². The van der Waals surface area contributed by atoms with Crippen LogP contribution in [0.5, 0.6) is 0 Å². The van der Waals surface area contributed by atoms with E-state index in [1.807, 2.05) is 48.5 Å². The third-order valence-electron chi connectivity index (χ3n) is 2.70. The van der Waals surface area contributed by atoms with Gasteiger partial charge in [-0.15, -0.1) is 0 Å². The Hall–Kier alpha value is -1.86. The van der Waals surface area contributed by atoms with Crippen LogP contribution in [0.1, 0.15) is 16.7 Å². The Bertz CT molecular complexity index is 512. The molecule has 0 amide bonds. The average Bonchev–Trinajstić information content (AvgIpc) is 2.37. The second-order valence-corrected chi connectivity index (χ2v) is 4.11. The Labute approximate surface area is 102 Å². The van der Waals surface area contributed by atoms with Crippen molar-refractivity contribution in [2.75, 3.05) is 6.61 Å². The van der Waals surface area contributed by atoms with Crippen molar-refractivity contribution in [1.82, 2.24) is 0 Å². The van der Waals surface area contributed by atoms with Crippen LogP contribution >= 0.6 is 0 Å². The molecule has 0 aliphatic carbocycles. The second kappa shape index (κ2) is 5.46. The van der Waals surface area contributed by atoms with E-state index in [2.05, 4.69) is 19.1 Å². The molecule has 0 aliphatic heterocycles. The Morgan fingerprint density at radius 1 is 1.06 bits per heavy atom. The number of hydrogen-bond acceptors (Lipinski definition) is 1. The Morgan fingerprint density at radius 3 is 2.47 bits per heavy atom. The largest absolute Gasteiger partial charge is 0.392 e. The molecule has 1 N–H and O–H groups in total. The summed E-state index contributed by atoms with van der Waals surface area (Å²) in [6.45, 7) is 2.11. The molecule has 2 rings (SSSR count). The van der Waals surface area contributed by atoms with Gasteiger partial charge in [-0.1, -0.05) is 60.2 Å². The van der Waals surface area contributed by atoms with Gasteiger partial charge in [-0.3, -0.25) is 0 Å². The van der Waals surface area contributed by atoms with Gasteiger partial charge in [0.1, 0.15) is 0 Å². The molecule has 0 fully saturated rings. The molecular formula is C16H16O. The summed E-state index contributed by atoms with van der Waals surface area (Å²) in [7, 11) is 0. The summed E-state index contributed by atoms with van der Waals surface area (Å²) in [6, 6.07) is 18.2. The van der Waals surface area contributed by atoms with Gasteiger partial charge < -0.3 is 5.11 Å². The van der Waals surface area contributed by atoms with Crippen molar-refractivity contribution >= 4 is 11.6 Å². The van der Waals surface area contributed by atoms with Gasteiger partial charge in [-0.05, 0) is 29.7 Å². The minimum absolute atomic E-state index is 0.0539. The smallest absolute Gasteiger partial charge is 0.0687 e. The first-order valence-corrected chi connectivity index (χ1v) is 5.73. The fourth-order valence-corrected chi connectivity index (χ4v) is 1.82. The lowest BCUT2D eigenvalue weighted by Gasteiger charge is -2.06. The van der Waals surface area contributed by atoms with Gasteiger partial charge in [0.05, 0.1) is 6.61 Å². The number of rotatable bonds is 3. The van der Waals surface area contributed by atoms with Gasteiger partial charge in [0, 0.05) is 0 Å². The molecule has 0 atom stereocenters. The fraction of sp³-hybridized carbons (Fsp3) is 0.125. The molecule has 86 valence electrons. The molecule has 0 unspecified atom stereocenters. The lowest BCUT2D eigenvalue weighted by atomic mass is 10.0. The van der Waals surface area contributed by atoms with Gasteiger partial charge in [-0.25, -0.2) is 0 Å². The second-order valence-electron chi connectivity index (χ2n) is 4.11. The SMILES string of the molecule is Cc1cccc(/C(=C\c2ccccc2)CO)c1. The molecule has 17 heavy (non-hydrogen) atoms. The van der Waals surface area contributed by atoms with Gasteiger partial charge in [0.25, 0.3) is 0 Å². The van der Waals surface area contributed by atoms with E-state index in [0.717, 1.165) is 16.7 Å². The van der Waals surface area contributed by atoms with Crippen molar-refractivity contribution in [3.63, 3.8) is 0 Å².